The Morgan fingerprint density at radius 2 is 1.71 bits per heavy atom. The van der Waals surface area contributed by atoms with Crippen molar-refractivity contribution in [3.8, 4) is 0 Å². The average Bonchev–Trinajstić information content (AvgIpc) is 2.10. The monoisotopic (exact) mass is 205 g/mol. The molecule has 0 heterocycles. The van der Waals surface area contributed by atoms with Crippen LogP contribution in [0.1, 0.15) is 13.3 Å². The fraction of sp³-hybridized carbons (Fsp3) is 0.875. The van der Waals surface area contributed by atoms with Gasteiger partial charge >= 0.3 is 0 Å². The highest BCUT2D eigenvalue weighted by atomic mass is 16.4. The van der Waals surface area contributed by atoms with Crippen LogP contribution in [0.15, 0.2) is 0 Å². The van der Waals surface area contributed by atoms with E-state index in [0.717, 1.165) is 0 Å². The van der Waals surface area contributed by atoms with Crippen molar-refractivity contribution in [3.63, 3.8) is 0 Å². The molecule has 1 rings (SSSR count). The molecule has 0 aromatic rings. The lowest BCUT2D eigenvalue weighted by Gasteiger charge is -2.38. The van der Waals surface area contributed by atoms with Gasteiger partial charge in [-0.1, -0.05) is 0 Å². The standard InChI is InChI=1S/C8H15NO5/c1-3(10)9-4-2-5(11)7(13)8(14)6(4)12/h4-8,11-14H,2H2,1H3,(H,9,10)/t4-,5+,6-,7-,8-/m0/s1. The molecule has 0 aromatic heterocycles. The summed E-state index contributed by atoms with van der Waals surface area (Å²) >= 11 is 0. The van der Waals surface area contributed by atoms with Gasteiger partial charge in [-0.2, -0.15) is 0 Å². The summed E-state index contributed by atoms with van der Waals surface area (Å²) < 4.78 is 0. The van der Waals surface area contributed by atoms with E-state index in [1.807, 2.05) is 0 Å². The summed E-state index contributed by atoms with van der Waals surface area (Å²) in [6.07, 6.45) is -5.16. The van der Waals surface area contributed by atoms with Crippen LogP contribution in [0.4, 0.5) is 0 Å². The van der Waals surface area contributed by atoms with Crippen molar-refractivity contribution in [2.24, 2.45) is 0 Å². The minimum atomic E-state index is -1.43. The van der Waals surface area contributed by atoms with Gasteiger partial charge in [-0.15, -0.1) is 0 Å². The Morgan fingerprint density at radius 3 is 2.21 bits per heavy atom. The molecule has 1 aliphatic rings. The van der Waals surface area contributed by atoms with Gasteiger partial charge in [0.25, 0.3) is 0 Å². The van der Waals surface area contributed by atoms with Gasteiger partial charge in [-0.3, -0.25) is 4.79 Å². The number of carbonyl (C=O) groups is 1. The van der Waals surface area contributed by atoms with Crippen molar-refractivity contribution >= 4 is 5.91 Å². The van der Waals surface area contributed by atoms with Crippen LogP contribution < -0.4 is 5.32 Å². The van der Waals surface area contributed by atoms with Crippen LogP contribution in [-0.2, 0) is 4.79 Å². The maximum atomic E-state index is 10.7. The topological polar surface area (TPSA) is 110 Å². The van der Waals surface area contributed by atoms with Crippen LogP contribution in [-0.4, -0.2) is 56.8 Å². The number of rotatable bonds is 1. The maximum absolute atomic E-state index is 10.7. The molecule has 5 atom stereocenters. The number of hydrogen-bond donors (Lipinski definition) is 5. The Balaban J connectivity index is 2.65. The van der Waals surface area contributed by atoms with E-state index in [1.165, 1.54) is 6.92 Å². The third-order valence-electron chi connectivity index (χ3n) is 2.39. The lowest BCUT2D eigenvalue weighted by Crippen LogP contribution is -2.60. The average molecular weight is 205 g/mol. The fourth-order valence-corrected chi connectivity index (χ4v) is 1.61. The first-order valence-corrected chi connectivity index (χ1v) is 4.43. The molecule has 0 unspecified atom stereocenters. The maximum Gasteiger partial charge on any atom is 0.217 e. The Kier molecular flexibility index (Phi) is 3.43. The second-order valence-corrected chi connectivity index (χ2v) is 3.58. The number of hydrogen-bond acceptors (Lipinski definition) is 5. The largest absolute Gasteiger partial charge is 0.390 e. The van der Waals surface area contributed by atoms with Gasteiger partial charge < -0.3 is 25.7 Å². The van der Waals surface area contributed by atoms with Gasteiger partial charge in [-0.25, -0.2) is 0 Å². The van der Waals surface area contributed by atoms with E-state index in [9.17, 15) is 25.2 Å². The number of aliphatic hydroxyl groups is 4. The Morgan fingerprint density at radius 1 is 1.14 bits per heavy atom. The van der Waals surface area contributed by atoms with Crippen LogP contribution in [0.2, 0.25) is 0 Å². The summed E-state index contributed by atoms with van der Waals surface area (Å²) in [7, 11) is 0. The van der Waals surface area contributed by atoms with Crippen LogP contribution >= 0.6 is 0 Å². The Bertz CT molecular complexity index is 222. The minimum Gasteiger partial charge on any atom is -0.390 e. The summed E-state index contributed by atoms with van der Waals surface area (Å²) in [5.41, 5.74) is 0. The molecule has 14 heavy (non-hydrogen) atoms. The Hall–Kier alpha value is -0.690. The van der Waals surface area contributed by atoms with Gasteiger partial charge in [0.15, 0.2) is 0 Å². The second kappa shape index (κ2) is 4.22. The lowest BCUT2D eigenvalue weighted by atomic mass is 9.85. The van der Waals surface area contributed by atoms with E-state index in [0.29, 0.717) is 0 Å². The summed E-state index contributed by atoms with van der Waals surface area (Å²) in [6, 6.07) is -0.721. The van der Waals surface area contributed by atoms with Crippen LogP contribution in [0.3, 0.4) is 0 Å². The highest BCUT2D eigenvalue weighted by Gasteiger charge is 2.42. The summed E-state index contributed by atoms with van der Waals surface area (Å²) in [4.78, 5) is 10.7. The highest BCUT2D eigenvalue weighted by Crippen LogP contribution is 2.20. The fourth-order valence-electron chi connectivity index (χ4n) is 1.61. The minimum absolute atomic E-state index is 0.0268. The lowest BCUT2D eigenvalue weighted by molar-refractivity contribution is -0.150. The Labute approximate surface area is 81.2 Å². The smallest absolute Gasteiger partial charge is 0.217 e. The van der Waals surface area contributed by atoms with Gasteiger partial charge in [0.2, 0.25) is 5.91 Å². The molecule has 1 fully saturated rings. The number of nitrogens with one attached hydrogen (secondary N) is 1. The molecule has 0 aliphatic heterocycles. The summed E-state index contributed by atoms with van der Waals surface area (Å²) in [6.45, 7) is 1.27. The van der Waals surface area contributed by atoms with Crippen molar-refractivity contribution in [1.29, 1.82) is 0 Å². The van der Waals surface area contributed by atoms with Gasteiger partial charge in [0, 0.05) is 6.92 Å². The van der Waals surface area contributed by atoms with E-state index < -0.39 is 30.5 Å². The number of amides is 1. The molecule has 0 aromatic carbocycles. The first-order valence-electron chi connectivity index (χ1n) is 4.43. The molecule has 6 heteroatoms. The van der Waals surface area contributed by atoms with Crippen molar-refractivity contribution in [1.82, 2.24) is 5.32 Å². The normalized spacial score (nSPS) is 43.4. The third kappa shape index (κ3) is 2.21. The van der Waals surface area contributed by atoms with E-state index in [2.05, 4.69) is 5.32 Å². The molecule has 1 saturated carbocycles. The molecule has 5 N–H and O–H groups in total. The van der Waals surface area contributed by atoms with E-state index >= 15 is 0 Å². The predicted octanol–water partition coefficient (Wildman–Crippen LogP) is -2.66. The molecule has 0 saturated heterocycles. The molecule has 82 valence electrons. The zero-order valence-electron chi connectivity index (χ0n) is 7.79. The van der Waals surface area contributed by atoms with E-state index in [1.54, 1.807) is 0 Å². The van der Waals surface area contributed by atoms with E-state index in [4.69, 9.17) is 0 Å². The van der Waals surface area contributed by atoms with E-state index in [-0.39, 0.29) is 12.3 Å². The zero-order chi connectivity index (χ0) is 10.9. The summed E-state index contributed by atoms with van der Waals surface area (Å²) in [5, 5.41) is 39.6. The molecular weight excluding hydrogens is 190 g/mol. The highest BCUT2D eigenvalue weighted by molar-refractivity contribution is 5.73. The van der Waals surface area contributed by atoms with Crippen molar-refractivity contribution in [2.75, 3.05) is 0 Å². The SMILES string of the molecule is CC(=O)N[C@H]1C[C@@H](O)[C@H](O)[C@@H](O)[C@H]1O. The number of carbonyl (C=O) groups excluding carboxylic acids is 1. The number of aliphatic hydroxyl groups excluding tert-OH is 4. The van der Waals surface area contributed by atoms with Crippen molar-refractivity contribution in [3.05, 3.63) is 0 Å². The first kappa shape index (κ1) is 11.4. The second-order valence-electron chi connectivity index (χ2n) is 3.58. The van der Waals surface area contributed by atoms with Crippen LogP contribution in [0, 0.1) is 0 Å². The first-order chi connectivity index (χ1) is 6.43. The van der Waals surface area contributed by atoms with Gasteiger partial charge in [0.1, 0.15) is 18.3 Å². The molecule has 0 radical (unpaired) electrons. The molecule has 1 aliphatic carbocycles. The summed E-state index contributed by atoms with van der Waals surface area (Å²) in [5.74, 6) is -0.357. The molecule has 0 bridgehead atoms. The van der Waals surface area contributed by atoms with Gasteiger partial charge in [-0.05, 0) is 6.42 Å². The molecule has 0 spiro atoms. The van der Waals surface area contributed by atoms with Crippen LogP contribution in [0.25, 0.3) is 0 Å². The third-order valence-corrected chi connectivity index (χ3v) is 2.39. The van der Waals surface area contributed by atoms with Crippen molar-refractivity contribution < 1.29 is 25.2 Å². The van der Waals surface area contributed by atoms with Crippen LogP contribution in [0.5, 0.6) is 0 Å². The molecule has 1 amide bonds. The zero-order valence-corrected chi connectivity index (χ0v) is 7.79. The molecular formula is C8H15NO5. The van der Waals surface area contributed by atoms with Crippen molar-refractivity contribution in [2.45, 2.75) is 43.8 Å². The quantitative estimate of drug-likeness (QED) is 0.321. The molecule has 6 nitrogen and oxygen atoms in total. The predicted molar refractivity (Wildman–Crippen MR) is 46.2 cm³/mol. The van der Waals surface area contributed by atoms with Gasteiger partial charge in [0.05, 0.1) is 12.1 Å².